The number of hydrogen-bond donors (Lipinski definition) is 0. The highest BCUT2D eigenvalue weighted by Gasteiger charge is 2.23. The van der Waals surface area contributed by atoms with E-state index in [1.165, 1.54) is 11.1 Å². The molecule has 0 bridgehead atoms. The zero-order chi connectivity index (χ0) is 21.1. The molecule has 1 amide bonds. The zero-order valence-corrected chi connectivity index (χ0v) is 18.8. The fourth-order valence-electron chi connectivity index (χ4n) is 3.90. The first-order valence-corrected chi connectivity index (χ1v) is 11.4. The summed E-state index contributed by atoms with van der Waals surface area (Å²) >= 11 is 1.60. The third-order valence-corrected chi connectivity index (χ3v) is 6.62. The first kappa shape index (κ1) is 21.0. The lowest BCUT2D eigenvalue weighted by Gasteiger charge is -2.28. The van der Waals surface area contributed by atoms with Crippen LogP contribution in [0.25, 0.3) is 10.2 Å². The smallest absolute Gasteiger partial charge is 0.260 e. The third-order valence-electron chi connectivity index (χ3n) is 5.58. The first-order valence-electron chi connectivity index (χ1n) is 10.6. The van der Waals surface area contributed by atoms with E-state index in [1.54, 1.807) is 11.3 Å². The number of carbonyl (C=O) groups is 1. The molecule has 2 heterocycles. The Kier molecular flexibility index (Phi) is 6.46. The van der Waals surface area contributed by atoms with Gasteiger partial charge in [-0.2, -0.15) is 0 Å². The van der Waals surface area contributed by atoms with E-state index >= 15 is 0 Å². The van der Waals surface area contributed by atoms with Crippen LogP contribution in [-0.2, 0) is 4.74 Å². The van der Waals surface area contributed by atoms with Crippen molar-refractivity contribution in [3.63, 3.8) is 0 Å². The summed E-state index contributed by atoms with van der Waals surface area (Å²) in [5.74, 6) is 0.0326. The fourth-order valence-corrected chi connectivity index (χ4v) is 4.98. The predicted octanol–water partition coefficient (Wildman–Crippen LogP) is 4.59. The van der Waals surface area contributed by atoms with Crippen molar-refractivity contribution in [3.05, 3.63) is 58.7 Å². The van der Waals surface area contributed by atoms with Crippen molar-refractivity contribution < 1.29 is 9.53 Å². The van der Waals surface area contributed by atoms with Gasteiger partial charge < -0.3 is 4.74 Å². The van der Waals surface area contributed by atoms with E-state index < -0.39 is 0 Å². The number of hydrogen-bond acceptors (Lipinski definition) is 5. The van der Waals surface area contributed by atoms with Crippen LogP contribution in [-0.4, -0.2) is 55.2 Å². The molecule has 0 radical (unpaired) electrons. The van der Waals surface area contributed by atoms with Gasteiger partial charge in [0.05, 0.1) is 23.4 Å². The summed E-state index contributed by atoms with van der Waals surface area (Å²) in [6.07, 6.45) is 0.908. The van der Waals surface area contributed by atoms with E-state index in [1.807, 2.05) is 30.0 Å². The van der Waals surface area contributed by atoms with E-state index in [0.29, 0.717) is 6.54 Å². The number of benzene rings is 2. The summed E-state index contributed by atoms with van der Waals surface area (Å²) in [5, 5.41) is 0.780. The van der Waals surface area contributed by atoms with Crippen molar-refractivity contribution in [1.82, 2.24) is 9.88 Å². The van der Waals surface area contributed by atoms with E-state index in [0.717, 1.165) is 65.7 Å². The minimum Gasteiger partial charge on any atom is -0.379 e. The number of aromatic nitrogens is 1. The van der Waals surface area contributed by atoms with Crippen molar-refractivity contribution in [2.75, 3.05) is 44.3 Å². The van der Waals surface area contributed by atoms with E-state index in [-0.39, 0.29) is 5.91 Å². The number of ether oxygens (including phenoxy) is 1. The number of amides is 1. The highest BCUT2D eigenvalue weighted by molar-refractivity contribution is 7.22. The van der Waals surface area contributed by atoms with Gasteiger partial charge in [0.2, 0.25) is 0 Å². The van der Waals surface area contributed by atoms with Crippen LogP contribution < -0.4 is 4.90 Å². The molecular formula is C24H29N3O2S. The highest BCUT2D eigenvalue weighted by atomic mass is 32.1. The second-order valence-electron chi connectivity index (χ2n) is 8.05. The van der Waals surface area contributed by atoms with Crippen LogP contribution in [0.4, 0.5) is 5.13 Å². The largest absolute Gasteiger partial charge is 0.379 e. The number of aryl methyl sites for hydroxylation is 3. The number of thiazole rings is 1. The molecule has 1 fully saturated rings. The summed E-state index contributed by atoms with van der Waals surface area (Å²) in [4.78, 5) is 22.6. The molecule has 0 spiro atoms. The SMILES string of the molecule is Cc1ccc(C(=O)N(CCCN2CCOCC2)c2nc3ccc(C)cc3s2)c(C)c1. The molecule has 0 N–H and O–H groups in total. The van der Waals surface area contributed by atoms with E-state index in [4.69, 9.17) is 9.72 Å². The Bertz CT molecular complexity index is 1040. The van der Waals surface area contributed by atoms with Crippen molar-refractivity contribution in [1.29, 1.82) is 0 Å². The number of carbonyl (C=O) groups excluding carboxylic acids is 1. The van der Waals surface area contributed by atoms with Crippen LogP contribution in [0.15, 0.2) is 36.4 Å². The molecule has 158 valence electrons. The van der Waals surface area contributed by atoms with Crippen LogP contribution in [0.3, 0.4) is 0 Å². The number of fused-ring (bicyclic) bond motifs is 1. The van der Waals surface area contributed by atoms with E-state index in [2.05, 4.69) is 36.9 Å². The lowest BCUT2D eigenvalue weighted by molar-refractivity contribution is 0.0376. The quantitative estimate of drug-likeness (QED) is 0.582. The van der Waals surface area contributed by atoms with E-state index in [9.17, 15) is 4.79 Å². The molecule has 2 aromatic carbocycles. The average molecular weight is 424 g/mol. The molecule has 30 heavy (non-hydrogen) atoms. The van der Waals surface area contributed by atoms with Gasteiger partial charge in [-0.15, -0.1) is 0 Å². The Morgan fingerprint density at radius 2 is 1.83 bits per heavy atom. The lowest BCUT2D eigenvalue weighted by atomic mass is 10.0. The molecule has 0 atom stereocenters. The maximum Gasteiger partial charge on any atom is 0.260 e. The van der Waals surface area contributed by atoms with Gasteiger partial charge in [0.1, 0.15) is 0 Å². The second kappa shape index (κ2) is 9.25. The summed E-state index contributed by atoms with van der Waals surface area (Å²) in [6, 6.07) is 12.3. The van der Waals surface area contributed by atoms with Gasteiger partial charge in [0.15, 0.2) is 5.13 Å². The molecule has 1 aliphatic heterocycles. The Balaban J connectivity index is 1.59. The van der Waals surface area contributed by atoms with Gasteiger partial charge in [0.25, 0.3) is 5.91 Å². The van der Waals surface area contributed by atoms with Gasteiger partial charge in [-0.05, 0) is 56.5 Å². The van der Waals surface area contributed by atoms with Crippen LogP contribution in [0.2, 0.25) is 0 Å². The molecule has 1 aliphatic rings. The molecule has 1 aromatic heterocycles. The summed E-state index contributed by atoms with van der Waals surface area (Å²) < 4.78 is 6.57. The molecule has 4 rings (SSSR count). The maximum atomic E-state index is 13.6. The van der Waals surface area contributed by atoms with Crippen molar-refractivity contribution in [3.8, 4) is 0 Å². The number of nitrogens with zero attached hydrogens (tertiary/aromatic N) is 3. The molecule has 0 aliphatic carbocycles. The number of anilines is 1. The molecule has 0 saturated carbocycles. The average Bonchev–Trinajstić information content (AvgIpc) is 3.14. The standard InChI is InChI=1S/C24H29N3O2S/c1-17-5-7-20(19(3)15-17)23(28)27(10-4-9-26-11-13-29-14-12-26)24-25-21-8-6-18(2)16-22(21)30-24/h5-8,15-16H,4,9-14H2,1-3H3. The highest BCUT2D eigenvalue weighted by Crippen LogP contribution is 2.31. The summed E-state index contributed by atoms with van der Waals surface area (Å²) in [7, 11) is 0. The van der Waals surface area contributed by atoms with Gasteiger partial charge >= 0.3 is 0 Å². The maximum absolute atomic E-state index is 13.6. The van der Waals surface area contributed by atoms with Crippen molar-refractivity contribution in [2.24, 2.45) is 0 Å². The molecular weight excluding hydrogens is 394 g/mol. The van der Waals surface area contributed by atoms with Gasteiger partial charge in [0, 0.05) is 31.7 Å². The lowest BCUT2D eigenvalue weighted by Crippen LogP contribution is -2.39. The Labute approximate surface area is 182 Å². The Morgan fingerprint density at radius 3 is 2.60 bits per heavy atom. The normalized spacial score (nSPS) is 14.9. The van der Waals surface area contributed by atoms with Crippen LogP contribution >= 0.6 is 11.3 Å². The molecule has 5 nitrogen and oxygen atoms in total. The molecule has 3 aromatic rings. The Hall–Kier alpha value is -2.28. The first-order chi connectivity index (χ1) is 14.5. The van der Waals surface area contributed by atoms with Crippen LogP contribution in [0.5, 0.6) is 0 Å². The molecule has 0 unspecified atom stereocenters. The molecule has 1 saturated heterocycles. The molecule has 6 heteroatoms. The monoisotopic (exact) mass is 423 g/mol. The topological polar surface area (TPSA) is 45.7 Å². The van der Waals surface area contributed by atoms with Crippen molar-refractivity contribution in [2.45, 2.75) is 27.2 Å². The van der Waals surface area contributed by atoms with Gasteiger partial charge in [-0.3, -0.25) is 14.6 Å². The minimum absolute atomic E-state index is 0.0326. The third kappa shape index (κ3) is 4.72. The summed E-state index contributed by atoms with van der Waals surface area (Å²) in [5.41, 5.74) is 5.08. The van der Waals surface area contributed by atoms with Crippen LogP contribution in [0, 0.1) is 20.8 Å². The number of rotatable bonds is 6. The van der Waals surface area contributed by atoms with Gasteiger partial charge in [-0.1, -0.05) is 35.1 Å². The van der Waals surface area contributed by atoms with Crippen LogP contribution in [0.1, 0.15) is 33.5 Å². The zero-order valence-electron chi connectivity index (χ0n) is 18.0. The second-order valence-corrected chi connectivity index (χ2v) is 9.06. The fraction of sp³-hybridized carbons (Fsp3) is 0.417. The van der Waals surface area contributed by atoms with Crippen molar-refractivity contribution >= 4 is 32.6 Å². The van der Waals surface area contributed by atoms with Gasteiger partial charge in [-0.25, -0.2) is 4.98 Å². The minimum atomic E-state index is 0.0326. The summed E-state index contributed by atoms with van der Waals surface area (Å²) in [6.45, 7) is 11.3. The number of morpholine rings is 1. The predicted molar refractivity (Wildman–Crippen MR) is 124 cm³/mol. The Morgan fingerprint density at radius 1 is 1.10 bits per heavy atom.